The molecule has 25 heavy (non-hydrogen) atoms. The molecule has 4 aliphatic rings. The highest BCUT2D eigenvalue weighted by molar-refractivity contribution is 5.90. The molecule has 0 radical (unpaired) electrons. The molecule has 5 heteroatoms. The summed E-state index contributed by atoms with van der Waals surface area (Å²) in [5.74, 6) is 0.770. The lowest BCUT2D eigenvalue weighted by Gasteiger charge is -2.36. The summed E-state index contributed by atoms with van der Waals surface area (Å²) in [5.41, 5.74) is 3.26. The van der Waals surface area contributed by atoms with Crippen LogP contribution in [0.2, 0.25) is 0 Å². The number of amides is 1. The summed E-state index contributed by atoms with van der Waals surface area (Å²) in [5, 5.41) is 8.88. The van der Waals surface area contributed by atoms with E-state index in [1.165, 1.54) is 57.1 Å². The smallest absolute Gasteiger partial charge is 0.246 e. The van der Waals surface area contributed by atoms with Crippen LogP contribution in [0.3, 0.4) is 0 Å². The number of aliphatic imine (C=N–C) groups is 1. The number of hydrogen-bond acceptors (Lipinski definition) is 4. The van der Waals surface area contributed by atoms with Gasteiger partial charge in [0.25, 0.3) is 0 Å². The van der Waals surface area contributed by atoms with Crippen LogP contribution in [0.5, 0.6) is 0 Å². The van der Waals surface area contributed by atoms with Crippen molar-refractivity contribution in [2.75, 3.05) is 0 Å². The lowest BCUT2D eigenvalue weighted by atomic mass is 9.72. The standard InChI is InChI=1S/C20H32N2O3/c23-20(22-24)14-11-9-13(10-12-14)19-15-5-1-3-7-17(15)25-18-8-4-2-6-16(18)21-19/h13-18,24H,1-12H2,(H,22,23). The van der Waals surface area contributed by atoms with Gasteiger partial charge in [-0.2, -0.15) is 0 Å². The minimum Gasteiger partial charge on any atom is -0.372 e. The Labute approximate surface area is 150 Å². The number of carbonyl (C=O) groups excluding carboxylic acids is 1. The van der Waals surface area contributed by atoms with E-state index in [1.807, 2.05) is 5.48 Å². The Morgan fingerprint density at radius 2 is 1.60 bits per heavy atom. The van der Waals surface area contributed by atoms with Gasteiger partial charge >= 0.3 is 0 Å². The van der Waals surface area contributed by atoms with E-state index in [-0.39, 0.29) is 11.8 Å². The highest BCUT2D eigenvalue weighted by atomic mass is 16.5. The van der Waals surface area contributed by atoms with Gasteiger partial charge in [0.05, 0.1) is 18.2 Å². The van der Waals surface area contributed by atoms with Crippen molar-refractivity contribution in [1.29, 1.82) is 0 Å². The molecule has 1 amide bonds. The molecular weight excluding hydrogens is 316 g/mol. The Morgan fingerprint density at radius 1 is 0.920 bits per heavy atom. The van der Waals surface area contributed by atoms with Crippen molar-refractivity contribution in [3.63, 3.8) is 0 Å². The maximum absolute atomic E-state index is 11.7. The van der Waals surface area contributed by atoms with E-state index in [2.05, 4.69) is 0 Å². The molecule has 0 aromatic rings. The van der Waals surface area contributed by atoms with E-state index in [1.54, 1.807) is 0 Å². The topological polar surface area (TPSA) is 70.9 Å². The van der Waals surface area contributed by atoms with E-state index >= 15 is 0 Å². The Balaban J connectivity index is 1.53. The SMILES string of the molecule is O=C(NO)C1CCC(C2=NC3CCCCC3OC3CCCCC23)CC1. The summed E-state index contributed by atoms with van der Waals surface area (Å²) >= 11 is 0. The molecule has 3 saturated carbocycles. The normalized spacial score (nSPS) is 41.7. The zero-order chi connectivity index (χ0) is 17.2. The maximum Gasteiger partial charge on any atom is 0.246 e. The van der Waals surface area contributed by atoms with Crippen LogP contribution in [0.1, 0.15) is 77.0 Å². The van der Waals surface area contributed by atoms with Crippen molar-refractivity contribution in [3.05, 3.63) is 0 Å². The predicted octanol–water partition coefficient (Wildman–Crippen LogP) is 3.64. The summed E-state index contributed by atoms with van der Waals surface area (Å²) in [4.78, 5) is 17.0. The molecule has 4 unspecified atom stereocenters. The summed E-state index contributed by atoms with van der Waals surface area (Å²) in [6.07, 6.45) is 14.4. The molecule has 2 N–H and O–H groups in total. The van der Waals surface area contributed by atoms with Crippen LogP contribution in [0.4, 0.5) is 0 Å². The quantitative estimate of drug-likeness (QED) is 0.591. The van der Waals surface area contributed by atoms with Gasteiger partial charge in [0.15, 0.2) is 0 Å². The summed E-state index contributed by atoms with van der Waals surface area (Å²) in [7, 11) is 0. The number of nitrogens with one attached hydrogen (secondary N) is 1. The Morgan fingerprint density at radius 3 is 2.36 bits per heavy atom. The number of fused-ring (bicyclic) bond motifs is 2. The minimum absolute atomic E-state index is 0.0338. The zero-order valence-corrected chi connectivity index (χ0v) is 15.2. The Bertz CT molecular complexity index is 513. The Hall–Kier alpha value is -0.940. The molecular formula is C20H32N2O3. The number of carbonyl (C=O) groups is 1. The first-order valence-electron chi connectivity index (χ1n) is 10.4. The third-order valence-electron chi connectivity index (χ3n) is 7.04. The van der Waals surface area contributed by atoms with Crippen LogP contribution in [0.15, 0.2) is 4.99 Å². The monoisotopic (exact) mass is 348 g/mol. The third kappa shape index (κ3) is 3.63. The summed E-state index contributed by atoms with van der Waals surface area (Å²) in [6, 6.07) is 0.368. The van der Waals surface area contributed by atoms with Crippen LogP contribution in [0, 0.1) is 17.8 Å². The zero-order valence-electron chi connectivity index (χ0n) is 15.2. The molecule has 0 spiro atoms. The number of nitrogens with zero attached hydrogens (tertiary/aromatic N) is 1. The van der Waals surface area contributed by atoms with Crippen molar-refractivity contribution in [2.45, 2.75) is 95.3 Å². The number of ether oxygens (including phenoxy) is 1. The number of hydroxylamine groups is 1. The summed E-state index contributed by atoms with van der Waals surface area (Å²) in [6.45, 7) is 0. The second-order valence-electron chi connectivity index (χ2n) is 8.53. The fourth-order valence-corrected chi connectivity index (χ4v) is 5.64. The van der Waals surface area contributed by atoms with Gasteiger partial charge in [0, 0.05) is 17.5 Å². The van der Waals surface area contributed by atoms with Crippen molar-refractivity contribution in [2.24, 2.45) is 22.7 Å². The minimum atomic E-state index is -0.215. The van der Waals surface area contributed by atoms with E-state index in [9.17, 15) is 4.79 Å². The van der Waals surface area contributed by atoms with Crippen LogP contribution < -0.4 is 5.48 Å². The van der Waals surface area contributed by atoms with E-state index in [4.69, 9.17) is 14.9 Å². The van der Waals surface area contributed by atoms with Gasteiger partial charge in [-0.25, -0.2) is 5.48 Å². The fraction of sp³-hybridized carbons (Fsp3) is 0.900. The molecule has 0 aromatic carbocycles. The molecule has 1 heterocycles. The highest BCUT2D eigenvalue weighted by Gasteiger charge is 2.41. The van der Waals surface area contributed by atoms with Crippen molar-refractivity contribution < 1.29 is 14.7 Å². The average Bonchev–Trinajstić information content (AvgIpc) is 2.84. The largest absolute Gasteiger partial charge is 0.372 e. The van der Waals surface area contributed by atoms with Crippen LogP contribution >= 0.6 is 0 Å². The van der Waals surface area contributed by atoms with Gasteiger partial charge in [0.2, 0.25) is 5.91 Å². The van der Waals surface area contributed by atoms with Crippen molar-refractivity contribution >= 4 is 11.6 Å². The second-order valence-corrected chi connectivity index (χ2v) is 8.53. The Kier molecular flexibility index (Phi) is 5.41. The molecule has 3 aliphatic carbocycles. The van der Waals surface area contributed by atoms with Crippen LogP contribution in [-0.4, -0.2) is 35.1 Å². The molecule has 4 rings (SSSR count). The maximum atomic E-state index is 11.7. The second kappa shape index (κ2) is 7.75. The van der Waals surface area contributed by atoms with E-state index < -0.39 is 0 Å². The first-order valence-corrected chi connectivity index (χ1v) is 10.4. The molecule has 4 atom stereocenters. The lowest BCUT2D eigenvalue weighted by molar-refractivity contribution is -0.134. The van der Waals surface area contributed by atoms with Crippen LogP contribution in [-0.2, 0) is 9.53 Å². The first-order chi connectivity index (χ1) is 12.3. The summed E-state index contributed by atoms with van der Waals surface area (Å²) < 4.78 is 6.61. The van der Waals surface area contributed by atoms with Gasteiger partial charge in [0.1, 0.15) is 0 Å². The molecule has 0 bridgehead atoms. The van der Waals surface area contributed by atoms with E-state index in [0.29, 0.717) is 30.1 Å². The van der Waals surface area contributed by atoms with Crippen LogP contribution in [0.25, 0.3) is 0 Å². The van der Waals surface area contributed by atoms with Gasteiger partial charge < -0.3 is 4.74 Å². The number of hydrogen-bond donors (Lipinski definition) is 2. The van der Waals surface area contributed by atoms with Gasteiger partial charge in [-0.15, -0.1) is 0 Å². The average molecular weight is 348 g/mol. The molecule has 0 saturated heterocycles. The predicted molar refractivity (Wildman–Crippen MR) is 95.7 cm³/mol. The van der Waals surface area contributed by atoms with E-state index in [0.717, 1.165) is 25.7 Å². The lowest BCUT2D eigenvalue weighted by Crippen LogP contribution is -2.39. The van der Waals surface area contributed by atoms with Crippen molar-refractivity contribution in [1.82, 2.24) is 5.48 Å². The molecule has 5 nitrogen and oxygen atoms in total. The molecule has 140 valence electrons. The molecule has 1 aliphatic heterocycles. The van der Waals surface area contributed by atoms with Gasteiger partial charge in [-0.3, -0.25) is 15.0 Å². The molecule has 0 aromatic heterocycles. The molecule has 3 fully saturated rings. The van der Waals surface area contributed by atoms with Gasteiger partial charge in [-0.1, -0.05) is 25.7 Å². The van der Waals surface area contributed by atoms with Crippen molar-refractivity contribution in [3.8, 4) is 0 Å². The third-order valence-corrected chi connectivity index (χ3v) is 7.04. The highest BCUT2D eigenvalue weighted by Crippen LogP contribution is 2.41. The fourth-order valence-electron chi connectivity index (χ4n) is 5.64. The van der Waals surface area contributed by atoms with Gasteiger partial charge in [-0.05, 0) is 57.3 Å². The first kappa shape index (κ1) is 17.5. The number of rotatable bonds is 2.